The van der Waals surface area contributed by atoms with Crippen LogP contribution in [0.2, 0.25) is 0 Å². The zero-order valence-corrected chi connectivity index (χ0v) is 17.2. The van der Waals surface area contributed by atoms with Crippen LogP contribution in [0.4, 0.5) is 0 Å². The van der Waals surface area contributed by atoms with E-state index in [0.717, 1.165) is 0 Å². The third kappa shape index (κ3) is 15.1. The van der Waals surface area contributed by atoms with Crippen molar-refractivity contribution in [2.45, 2.75) is 37.8 Å². The minimum absolute atomic E-state index is 0. The van der Waals surface area contributed by atoms with Crippen molar-refractivity contribution in [1.82, 2.24) is 16.0 Å². The Hall–Kier alpha value is -2.57. The van der Waals surface area contributed by atoms with Gasteiger partial charge >= 0.3 is 23.0 Å². The first-order valence-corrected chi connectivity index (χ1v) is 8.75. The predicted octanol–water partition coefficient (Wildman–Crippen LogP) is -3.64. The van der Waals surface area contributed by atoms with Crippen LogP contribution in [0.3, 0.4) is 0 Å². The number of guanidine groups is 2. The van der Waals surface area contributed by atoms with E-state index in [-0.39, 0.29) is 61.5 Å². The molecule has 2 amide bonds. The molecule has 0 saturated carbocycles. The number of nitrogens with zero attached hydrogens (tertiary/aromatic N) is 2. The zero-order chi connectivity index (χ0) is 21.5. The van der Waals surface area contributed by atoms with Crippen molar-refractivity contribution in [2.24, 2.45) is 32.9 Å². The number of hydrogen-bond acceptors (Lipinski definition) is 6. The molecule has 0 aliphatic carbocycles. The van der Waals surface area contributed by atoms with Crippen LogP contribution in [0.1, 0.15) is 25.7 Å². The van der Waals surface area contributed by atoms with Gasteiger partial charge in [-0.05, 0) is 32.7 Å². The van der Waals surface area contributed by atoms with E-state index in [1.165, 1.54) is 0 Å². The summed E-state index contributed by atoms with van der Waals surface area (Å²) in [6, 6.07) is -2.06. The third-order valence-corrected chi connectivity index (χ3v) is 3.49. The van der Waals surface area contributed by atoms with Gasteiger partial charge in [-0.2, -0.15) is 0 Å². The molecule has 2 atom stereocenters. The number of likely N-dealkylation sites (N-methyl/N-ethyl adjacent to an activating group) is 1. The second kappa shape index (κ2) is 16.4. The van der Waals surface area contributed by atoms with Crippen molar-refractivity contribution in [3.8, 4) is 0 Å². The van der Waals surface area contributed by atoms with E-state index in [9.17, 15) is 19.5 Å². The van der Waals surface area contributed by atoms with Crippen LogP contribution in [0, 0.1) is 0 Å². The molecule has 14 heteroatoms. The van der Waals surface area contributed by atoms with E-state index in [1.54, 1.807) is 7.05 Å². The Bertz CT molecular complexity index is 578. The number of carbonyl (C=O) groups is 3. The van der Waals surface area contributed by atoms with Gasteiger partial charge < -0.3 is 44.0 Å². The van der Waals surface area contributed by atoms with Gasteiger partial charge in [-0.15, -0.1) is 0 Å². The predicted molar refractivity (Wildman–Crippen MR) is 105 cm³/mol. The van der Waals surface area contributed by atoms with Crippen molar-refractivity contribution in [1.29, 1.82) is 0 Å². The van der Waals surface area contributed by atoms with Crippen LogP contribution in [0.5, 0.6) is 0 Å². The molecule has 0 fully saturated rings. The van der Waals surface area contributed by atoms with Crippen LogP contribution in [-0.2, 0) is 31.5 Å². The molecule has 13 nitrogen and oxygen atoms in total. The largest absolute Gasteiger partial charge is 2.00 e. The number of carboxylic acids is 1. The third-order valence-electron chi connectivity index (χ3n) is 3.49. The number of nitrogens with two attached hydrogens (primary N) is 4. The summed E-state index contributed by atoms with van der Waals surface area (Å²) < 4.78 is 0. The number of aliphatic carboxylic acids is 1. The van der Waals surface area contributed by atoms with Gasteiger partial charge in [0.25, 0.3) is 0 Å². The quantitative estimate of drug-likeness (QED) is 0.0546. The molecule has 0 spiro atoms. The second-order valence-corrected chi connectivity index (χ2v) is 5.95. The molecule has 2 unspecified atom stereocenters. The van der Waals surface area contributed by atoms with Gasteiger partial charge in [0.2, 0.25) is 11.8 Å². The van der Waals surface area contributed by atoms with E-state index < -0.39 is 29.9 Å². The van der Waals surface area contributed by atoms with E-state index in [4.69, 9.17) is 22.9 Å². The molecule has 0 rings (SSSR count). The Balaban J connectivity index is 0. The Labute approximate surface area is 180 Å². The summed E-state index contributed by atoms with van der Waals surface area (Å²) in [5.41, 5.74) is 20.9. The van der Waals surface area contributed by atoms with Crippen LogP contribution in [0.25, 0.3) is 0 Å². The summed E-state index contributed by atoms with van der Waals surface area (Å²) in [7, 11) is 1.59. The summed E-state index contributed by atoms with van der Waals surface area (Å²) in [6.07, 6.45) is 1.13. The van der Waals surface area contributed by atoms with Gasteiger partial charge in [-0.25, -0.2) is 4.79 Å². The van der Waals surface area contributed by atoms with Gasteiger partial charge in [0.1, 0.15) is 12.1 Å². The number of hydrogen-bond donors (Lipinski definition) is 8. The minimum Gasteiger partial charge on any atom is -0.480 e. The molecule has 0 aliphatic heterocycles. The SMILES string of the molecule is CNCC(=O)NC(CCCN=C(N)N)C(=O)NC(CCCN=C(N)N)C(=O)O.[Cu+2]. The standard InChI is InChI=1S/C15H31N9O4.Cu/c1-20-8-11(25)23-9(4-2-6-21-14(16)17)12(26)24-10(13(27)28)5-3-7-22-15(18)19;/h9-10,20H,2-8H2,1H3,(H,23,25)(H,24,26)(H,27,28)(H4,16,17,21)(H4,18,19,22);/q;+2. The zero-order valence-electron chi connectivity index (χ0n) is 16.3. The average molecular weight is 465 g/mol. The number of nitrogens with one attached hydrogen (secondary N) is 3. The van der Waals surface area contributed by atoms with Gasteiger partial charge in [0.05, 0.1) is 6.54 Å². The first kappa shape index (κ1) is 28.6. The summed E-state index contributed by atoms with van der Waals surface area (Å²) in [4.78, 5) is 43.3. The van der Waals surface area contributed by atoms with Gasteiger partial charge in [-0.3, -0.25) is 19.6 Å². The average Bonchev–Trinajstić information content (AvgIpc) is 2.59. The maximum atomic E-state index is 12.5. The molecule has 0 aromatic carbocycles. The summed E-state index contributed by atoms with van der Waals surface area (Å²) in [6.45, 7) is 0.524. The molecular weight excluding hydrogens is 434 g/mol. The minimum atomic E-state index is -1.20. The van der Waals surface area contributed by atoms with Gasteiger partial charge in [0, 0.05) is 13.1 Å². The number of carbonyl (C=O) groups excluding carboxylic acids is 2. The molecule has 1 radical (unpaired) electrons. The van der Waals surface area contributed by atoms with Crippen molar-refractivity contribution >= 4 is 29.7 Å². The van der Waals surface area contributed by atoms with E-state index >= 15 is 0 Å². The topological polar surface area (TPSA) is 236 Å². The molecule has 169 valence electrons. The van der Waals surface area contributed by atoms with Crippen LogP contribution in [-0.4, -0.2) is 73.6 Å². The van der Waals surface area contributed by atoms with Crippen LogP contribution >= 0.6 is 0 Å². The normalized spacial score (nSPS) is 11.9. The first-order chi connectivity index (χ1) is 13.2. The summed E-state index contributed by atoms with van der Waals surface area (Å²) in [5.74, 6) is -2.37. The Kier molecular flexibility index (Phi) is 16.2. The fourth-order valence-electron chi connectivity index (χ4n) is 2.21. The molecule has 12 N–H and O–H groups in total. The van der Waals surface area contributed by atoms with Crippen LogP contribution < -0.4 is 38.9 Å². The van der Waals surface area contributed by atoms with Gasteiger partial charge in [0.15, 0.2) is 11.9 Å². The molecule has 0 bridgehead atoms. The number of aliphatic imine (C=N–C) groups is 2. The van der Waals surface area contributed by atoms with Gasteiger partial charge in [-0.1, -0.05) is 0 Å². The van der Waals surface area contributed by atoms with Crippen molar-refractivity contribution < 1.29 is 36.6 Å². The van der Waals surface area contributed by atoms with E-state index in [2.05, 4.69) is 25.9 Å². The maximum absolute atomic E-state index is 12.5. The number of amides is 2. The van der Waals surface area contributed by atoms with Crippen molar-refractivity contribution in [3.05, 3.63) is 0 Å². The molecule has 0 aliphatic rings. The molecule has 0 saturated heterocycles. The molecule has 0 aromatic rings. The molecular formula is C15H31CuN9O4+2. The molecule has 29 heavy (non-hydrogen) atoms. The van der Waals surface area contributed by atoms with Crippen molar-refractivity contribution in [3.63, 3.8) is 0 Å². The number of carboxylic acid groups (broad SMARTS) is 1. The second-order valence-electron chi connectivity index (χ2n) is 5.95. The Morgan fingerprint density at radius 3 is 1.79 bits per heavy atom. The Morgan fingerprint density at radius 1 is 0.897 bits per heavy atom. The first-order valence-electron chi connectivity index (χ1n) is 8.75. The Morgan fingerprint density at radius 2 is 1.38 bits per heavy atom. The van der Waals surface area contributed by atoms with Crippen molar-refractivity contribution in [2.75, 3.05) is 26.7 Å². The maximum Gasteiger partial charge on any atom is 2.00 e. The summed E-state index contributed by atoms with van der Waals surface area (Å²) >= 11 is 0. The fraction of sp³-hybridized carbons (Fsp3) is 0.667. The fourth-order valence-corrected chi connectivity index (χ4v) is 2.21. The van der Waals surface area contributed by atoms with E-state index in [0.29, 0.717) is 12.8 Å². The smallest absolute Gasteiger partial charge is 0.480 e. The van der Waals surface area contributed by atoms with E-state index in [1.807, 2.05) is 0 Å². The summed E-state index contributed by atoms with van der Waals surface area (Å²) in [5, 5.41) is 17.0. The van der Waals surface area contributed by atoms with Crippen LogP contribution in [0.15, 0.2) is 9.98 Å². The number of rotatable bonds is 14. The molecule has 0 aromatic heterocycles. The monoisotopic (exact) mass is 464 g/mol. The molecule has 0 heterocycles.